The minimum atomic E-state index is -0.538. The third-order valence-electron chi connectivity index (χ3n) is 3.79. The fourth-order valence-electron chi connectivity index (χ4n) is 2.61. The quantitative estimate of drug-likeness (QED) is 0.569. The van der Waals surface area contributed by atoms with Gasteiger partial charge in [-0.15, -0.1) is 5.10 Å². The van der Waals surface area contributed by atoms with Crippen LogP contribution in [0.2, 0.25) is 0 Å². The van der Waals surface area contributed by atoms with Crippen molar-refractivity contribution in [2.24, 2.45) is 0 Å². The highest BCUT2D eigenvalue weighted by atomic mass is 19.1. The lowest BCUT2D eigenvalue weighted by molar-refractivity contribution is 0.0994. The summed E-state index contributed by atoms with van der Waals surface area (Å²) in [4.78, 5) is 24.6. The molecule has 9 nitrogen and oxygen atoms in total. The Bertz CT molecular complexity index is 1180. The van der Waals surface area contributed by atoms with Crippen molar-refractivity contribution in [1.82, 2.24) is 24.6 Å². The fraction of sp³-hybridized carbons (Fsp3) is 0.118. The second-order valence-electron chi connectivity index (χ2n) is 5.86. The second-order valence-corrected chi connectivity index (χ2v) is 5.86. The normalized spacial score (nSPS) is 11.1. The predicted octanol–water partition coefficient (Wildman–Crippen LogP) is 2.37. The van der Waals surface area contributed by atoms with Crippen LogP contribution in [0.3, 0.4) is 0 Å². The van der Waals surface area contributed by atoms with E-state index in [4.69, 9.17) is 10.2 Å². The Morgan fingerprint density at radius 1 is 1.30 bits per heavy atom. The van der Waals surface area contributed by atoms with Crippen LogP contribution < -0.4 is 11.1 Å². The zero-order chi connectivity index (χ0) is 19.1. The van der Waals surface area contributed by atoms with Crippen LogP contribution in [0.1, 0.15) is 22.1 Å². The number of oxazole rings is 1. The largest absolute Gasteiger partial charge is 0.436 e. The Morgan fingerprint density at radius 3 is 2.85 bits per heavy atom. The molecule has 0 aliphatic heterocycles. The van der Waals surface area contributed by atoms with Crippen LogP contribution in [0.4, 0.5) is 15.8 Å². The summed E-state index contributed by atoms with van der Waals surface area (Å²) in [5, 5.41) is 6.84. The lowest BCUT2D eigenvalue weighted by Crippen LogP contribution is -2.12. The Balaban J connectivity index is 1.68. The van der Waals surface area contributed by atoms with E-state index in [1.54, 1.807) is 13.8 Å². The SMILES string of the molecule is Cc1nc(C)c(C(=O)Nc2ccc(F)c(-c3nc4ncc(N)cn4n3)c2)o1. The van der Waals surface area contributed by atoms with Crippen molar-refractivity contribution in [3.8, 4) is 11.4 Å². The number of nitrogen functional groups attached to an aromatic ring is 1. The molecule has 0 aliphatic rings. The number of amides is 1. The van der Waals surface area contributed by atoms with Crippen LogP contribution in [0.15, 0.2) is 35.0 Å². The second kappa shape index (κ2) is 6.16. The molecule has 0 saturated heterocycles. The molecule has 1 amide bonds. The molecular formula is C17H14FN7O2. The summed E-state index contributed by atoms with van der Waals surface area (Å²) < 4.78 is 21.0. The van der Waals surface area contributed by atoms with Crippen LogP contribution in [0, 0.1) is 19.7 Å². The van der Waals surface area contributed by atoms with Gasteiger partial charge >= 0.3 is 0 Å². The van der Waals surface area contributed by atoms with Gasteiger partial charge in [0, 0.05) is 12.6 Å². The summed E-state index contributed by atoms with van der Waals surface area (Å²) in [5.74, 6) is -0.136. The van der Waals surface area contributed by atoms with Crippen molar-refractivity contribution >= 4 is 23.1 Å². The van der Waals surface area contributed by atoms with Gasteiger partial charge in [-0.2, -0.15) is 4.98 Å². The number of nitrogens with one attached hydrogen (secondary N) is 1. The highest BCUT2D eigenvalue weighted by Gasteiger charge is 2.18. The predicted molar refractivity (Wildman–Crippen MR) is 94.5 cm³/mol. The number of hydrogen-bond acceptors (Lipinski definition) is 7. The zero-order valence-electron chi connectivity index (χ0n) is 14.4. The van der Waals surface area contributed by atoms with Gasteiger partial charge in [0.2, 0.25) is 5.76 Å². The Morgan fingerprint density at radius 2 is 2.11 bits per heavy atom. The first-order valence-corrected chi connectivity index (χ1v) is 7.94. The number of fused-ring (bicyclic) bond motifs is 1. The monoisotopic (exact) mass is 367 g/mol. The van der Waals surface area contributed by atoms with Crippen LogP contribution in [-0.4, -0.2) is 30.5 Å². The van der Waals surface area contributed by atoms with E-state index in [-0.39, 0.29) is 22.9 Å². The highest BCUT2D eigenvalue weighted by molar-refractivity contribution is 6.03. The molecule has 27 heavy (non-hydrogen) atoms. The molecule has 10 heteroatoms. The highest BCUT2D eigenvalue weighted by Crippen LogP contribution is 2.24. The number of rotatable bonds is 3. The number of nitrogens with two attached hydrogens (primary N) is 1. The average Bonchev–Trinajstić information content (AvgIpc) is 3.18. The Hall–Kier alpha value is -3.82. The standard InChI is InChI=1S/C17H14FN7O2/c1-8-14(27-9(2)21-8)16(26)22-11-3-4-13(18)12(5-11)15-23-17-20-6-10(19)7-25(17)24-15/h3-7H,19H2,1-2H3,(H,22,26). The molecule has 3 heterocycles. The molecule has 0 spiro atoms. The minimum Gasteiger partial charge on any atom is -0.436 e. The first-order valence-electron chi connectivity index (χ1n) is 7.94. The first-order chi connectivity index (χ1) is 12.9. The van der Waals surface area contributed by atoms with Crippen LogP contribution in [-0.2, 0) is 0 Å². The van der Waals surface area contributed by atoms with Crippen LogP contribution >= 0.6 is 0 Å². The molecule has 3 aromatic heterocycles. The summed E-state index contributed by atoms with van der Waals surface area (Å²) >= 11 is 0. The van der Waals surface area contributed by atoms with Crippen molar-refractivity contribution < 1.29 is 13.6 Å². The van der Waals surface area contributed by atoms with E-state index in [0.717, 1.165) is 0 Å². The third-order valence-corrected chi connectivity index (χ3v) is 3.79. The lowest BCUT2D eigenvalue weighted by Gasteiger charge is -2.06. The molecule has 0 radical (unpaired) electrons. The number of benzene rings is 1. The van der Waals surface area contributed by atoms with Crippen LogP contribution in [0.25, 0.3) is 17.2 Å². The zero-order valence-corrected chi connectivity index (χ0v) is 14.4. The van der Waals surface area contributed by atoms with Gasteiger partial charge in [0.1, 0.15) is 5.82 Å². The number of carbonyl (C=O) groups is 1. The smallest absolute Gasteiger partial charge is 0.293 e. The van der Waals surface area contributed by atoms with E-state index in [1.807, 2.05) is 0 Å². The van der Waals surface area contributed by atoms with E-state index in [2.05, 4.69) is 25.4 Å². The van der Waals surface area contributed by atoms with Crippen LogP contribution in [0.5, 0.6) is 0 Å². The van der Waals surface area contributed by atoms with E-state index in [1.165, 1.54) is 35.1 Å². The summed E-state index contributed by atoms with van der Waals surface area (Å²) in [6.07, 6.45) is 2.96. The fourth-order valence-corrected chi connectivity index (χ4v) is 2.61. The molecule has 0 aliphatic carbocycles. The molecule has 0 bridgehead atoms. The van der Waals surface area contributed by atoms with Gasteiger partial charge < -0.3 is 15.5 Å². The van der Waals surface area contributed by atoms with Gasteiger partial charge in [0.25, 0.3) is 11.7 Å². The van der Waals surface area contributed by atoms with Crippen molar-refractivity contribution in [1.29, 1.82) is 0 Å². The summed E-state index contributed by atoms with van der Waals surface area (Å²) in [6.45, 7) is 3.32. The van der Waals surface area contributed by atoms with Gasteiger partial charge in [-0.1, -0.05) is 0 Å². The summed E-state index contributed by atoms with van der Waals surface area (Å²) in [5.41, 5.74) is 7.01. The van der Waals surface area contributed by atoms with Crippen molar-refractivity contribution in [2.45, 2.75) is 13.8 Å². The molecule has 0 unspecified atom stereocenters. The van der Waals surface area contributed by atoms with Gasteiger partial charge in [0.15, 0.2) is 11.7 Å². The topological polar surface area (TPSA) is 124 Å². The third kappa shape index (κ3) is 3.08. The molecule has 0 fully saturated rings. The number of nitrogens with zero attached hydrogens (tertiary/aromatic N) is 5. The molecule has 136 valence electrons. The van der Waals surface area contributed by atoms with E-state index < -0.39 is 11.7 Å². The number of hydrogen-bond donors (Lipinski definition) is 2. The van der Waals surface area contributed by atoms with Gasteiger partial charge in [-0.3, -0.25) is 4.79 Å². The molecule has 4 aromatic rings. The first kappa shape index (κ1) is 16.6. The number of carbonyl (C=O) groups excluding carboxylic acids is 1. The van der Waals surface area contributed by atoms with Crippen molar-refractivity contribution in [3.63, 3.8) is 0 Å². The van der Waals surface area contributed by atoms with Crippen molar-refractivity contribution in [3.05, 3.63) is 53.8 Å². The molecule has 0 atom stereocenters. The summed E-state index contributed by atoms with van der Waals surface area (Å²) in [7, 11) is 0. The van der Waals surface area contributed by atoms with Crippen molar-refractivity contribution in [2.75, 3.05) is 11.1 Å². The molecule has 4 rings (SSSR count). The molecule has 1 aromatic carbocycles. The van der Waals surface area contributed by atoms with Gasteiger partial charge in [-0.25, -0.2) is 18.9 Å². The number of anilines is 2. The Labute approximate surface area is 152 Å². The number of aryl methyl sites for hydroxylation is 2. The van der Waals surface area contributed by atoms with E-state index in [9.17, 15) is 9.18 Å². The molecule has 3 N–H and O–H groups in total. The van der Waals surface area contributed by atoms with Gasteiger partial charge in [0.05, 0.1) is 29.3 Å². The maximum absolute atomic E-state index is 14.3. The van der Waals surface area contributed by atoms with Gasteiger partial charge in [-0.05, 0) is 25.1 Å². The minimum absolute atomic E-state index is 0.101. The number of aromatic nitrogens is 5. The van der Waals surface area contributed by atoms with E-state index >= 15 is 0 Å². The summed E-state index contributed by atoms with van der Waals surface area (Å²) in [6, 6.07) is 4.09. The lowest BCUT2D eigenvalue weighted by atomic mass is 10.1. The maximum Gasteiger partial charge on any atom is 0.293 e. The van der Waals surface area contributed by atoms with E-state index in [0.29, 0.717) is 23.0 Å². The molecule has 0 saturated carbocycles. The Kier molecular flexibility index (Phi) is 3.80. The average molecular weight is 367 g/mol. The number of halogens is 1. The molecular weight excluding hydrogens is 353 g/mol. The maximum atomic E-state index is 14.3.